The largest absolute Gasteiger partial charge is 0.494 e. The summed E-state index contributed by atoms with van der Waals surface area (Å²) in [6, 6.07) is 8.07. The summed E-state index contributed by atoms with van der Waals surface area (Å²) in [4.78, 5) is 20.7. The Labute approximate surface area is 155 Å². The fraction of sp³-hybridized carbons (Fsp3) is 0.450. The van der Waals surface area contributed by atoms with Gasteiger partial charge in [0, 0.05) is 6.54 Å². The SMILES string of the molecule is CCCOc1ccc(CCNc2ncnc(CC)c2C(=O)OCC)cc1. The lowest BCUT2D eigenvalue weighted by atomic mass is 10.1. The van der Waals surface area contributed by atoms with Gasteiger partial charge in [-0.25, -0.2) is 14.8 Å². The van der Waals surface area contributed by atoms with Crippen LogP contribution >= 0.6 is 0 Å². The third-order valence-electron chi connectivity index (χ3n) is 3.84. The summed E-state index contributed by atoms with van der Waals surface area (Å²) in [5, 5.41) is 3.24. The van der Waals surface area contributed by atoms with E-state index in [9.17, 15) is 4.79 Å². The normalized spacial score (nSPS) is 10.4. The first-order chi connectivity index (χ1) is 12.7. The van der Waals surface area contributed by atoms with Crippen molar-refractivity contribution < 1.29 is 14.3 Å². The first-order valence-corrected chi connectivity index (χ1v) is 9.16. The van der Waals surface area contributed by atoms with Gasteiger partial charge in [0.25, 0.3) is 0 Å². The van der Waals surface area contributed by atoms with Crippen LogP contribution in [0.15, 0.2) is 30.6 Å². The zero-order valence-corrected chi connectivity index (χ0v) is 15.7. The van der Waals surface area contributed by atoms with Crippen molar-refractivity contribution in [2.75, 3.05) is 25.1 Å². The standard InChI is InChI=1S/C20H27N3O3/c1-4-13-26-16-9-7-15(8-10-16)11-12-21-19-18(20(24)25-6-3)17(5-2)22-14-23-19/h7-10,14H,4-6,11-13H2,1-3H3,(H,21,22,23). The molecule has 1 N–H and O–H groups in total. The molecule has 0 fully saturated rings. The van der Waals surface area contributed by atoms with Crippen LogP contribution in [0.1, 0.15) is 48.8 Å². The Kier molecular flexibility index (Phi) is 7.86. The quantitative estimate of drug-likeness (QED) is 0.654. The molecule has 1 aromatic heterocycles. The Hall–Kier alpha value is -2.63. The summed E-state index contributed by atoms with van der Waals surface area (Å²) in [6.45, 7) is 7.53. The number of carbonyl (C=O) groups excluding carboxylic acids is 1. The molecule has 0 aliphatic heterocycles. The average molecular weight is 357 g/mol. The third kappa shape index (κ3) is 5.44. The Bertz CT molecular complexity index is 702. The van der Waals surface area contributed by atoms with Gasteiger partial charge >= 0.3 is 5.97 Å². The van der Waals surface area contributed by atoms with Gasteiger partial charge in [-0.15, -0.1) is 0 Å². The van der Waals surface area contributed by atoms with Gasteiger partial charge < -0.3 is 14.8 Å². The summed E-state index contributed by atoms with van der Waals surface area (Å²) in [5.74, 6) is 1.03. The van der Waals surface area contributed by atoms with Gasteiger partial charge in [0.05, 0.1) is 18.9 Å². The Morgan fingerprint density at radius 3 is 2.54 bits per heavy atom. The van der Waals surface area contributed by atoms with Crippen LogP contribution in [0.25, 0.3) is 0 Å². The second-order valence-electron chi connectivity index (χ2n) is 5.79. The van der Waals surface area contributed by atoms with Gasteiger partial charge in [0.15, 0.2) is 0 Å². The number of rotatable bonds is 10. The van der Waals surface area contributed by atoms with Gasteiger partial charge in [-0.05, 0) is 43.9 Å². The molecule has 0 bridgehead atoms. The maximum absolute atomic E-state index is 12.2. The van der Waals surface area contributed by atoms with E-state index in [0.717, 1.165) is 25.2 Å². The number of nitrogens with one attached hydrogen (secondary N) is 1. The van der Waals surface area contributed by atoms with E-state index in [-0.39, 0.29) is 5.97 Å². The summed E-state index contributed by atoms with van der Waals surface area (Å²) < 4.78 is 10.7. The Balaban J connectivity index is 1.99. The summed E-state index contributed by atoms with van der Waals surface area (Å²) >= 11 is 0. The van der Waals surface area contributed by atoms with Crippen molar-refractivity contribution in [1.29, 1.82) is 0 Å². The van der Waals surface area contributed by atoms with Gasteiger partial charge in [0.1, 0.15) is 23.5 Å². The highest BCUT2D eigenvalue weighted by molar-refractivity contribution is 5.95. The molecule has 2 rings (SSSR count). The predicted molar refractivity (Wildman–Crippen MR) is 102 cm³/mol. The monoisotopic (exact) mass is 357 g/mol. The number of anilines is 1. The van der Waals surface area contributed by atoms with Crippen molar-refractivity contribution in [1.82, 2.24) is 9.97 Å². The van der Waals surface area contributed by atoms with E-state index in [1.165, 1.54) is 11.9 Å². The van der Waals surface area contributed by atoms with Crippen molar-refractivity contribution in [2.45, 2.75) is 40.0 Å². The van der Waals surface area contributed by atoms with Gasteiger partial charge in [-0.2, -0.15) is 0 Å². The molecule has 0 radical (unpaired) electrons. The minimum absolute atomic E-state index is 0.322. The highest BCUT2D eigenvalue weighted by Gasteiger charge is 2.19. The van der Waals surface area contributed by atoms with Crippen LogP contribution in [-0.2, 0) is 17.6 Å². The lowest BCUT2D eigenvalue weighted by molar-refractivity contribution is 0.0525. The van der Waals surface area contributed by atoms with Crippen LogP contribution in [0.3, 0.4) is 0 Å². The molecule has 1 heterocycles. The molecular formula is C20H27N3O3. The molecular weight excluding hydrogens is 330 g/mol. The van der Waals surface area contributed by atoms with E-state index >= 15 is 0 Å². The van der Waals surface area contributed by atoms with Crippen molar-refractivity contribution >= 4 is 11.8 Å². The third-order valence-corrected chi connectivity index (χ3v) is 3.84. The van der Waals surface area contributed by atoms with Crippen LogP contribution in [0.4, 0.5) is 5.82 Å². The fourth-order valence-electron chi connectivity index (χ4n) is 2.54. The molecule has 0 saturated carbocycles. The second-order valence-corrected chi connectivity index (χ2v) is 5.79. The minimum Gasteiger partial charge on any atom is -0.494 e. The van der Waals surface area contributed by atoms with E-state index in [4.69, 9.17) is 9.47 Å². The minimum atomic E-state index is -0.384. The molecule has 2 aromatic rings. The first kappa shape index (κ1) is 19.7. The maximum atomic E-state index is 12.2. The number of aryl methyl sites for hydroxylation is 1. The summed E-state index contributed by atoms with van der Waals surface area (Å²) in [5.41, 5.74) is 2.31. The number of esters is 1. The van der Waals surface area contributed by atoms with Crippen LogP contribution in [0, 0.1) is 0 Å². The van der Waals surface area contributed by atoms with Gasteiger partial charge in [-0.1, -0.05) is 26.0 Å². The molecule has 0 unspecified atom stereocenters. The van der Waals surface area contributed by atoms with Crippen LogP contribution in [-0.4, -0.2) is 35.7 Å². The summed E-state index contributed by atoms with van der Waals surface area (Å²) in [7, 11) is 0. The number of hydrogen-bond donors (Lipinski definition) is 1. The number of benzene rings is 1. The topological polar surface area (TPSA) is 73.3 Å². The second kappa shape index (κ2) is 10.4. The van der Waals surface area contributed by atoms with E-state index in [1.807, 2.05) is 19.1 Å². The molecule has 1 aromatic carbocycles. The van der Waals surface area contributed by atoms with E-state index in [1.54, 1.807) is 6.92 Å². The first-order valence-electron chi connectivity index (χ1n) is 9.16. The van der Waals surface area contributed by atoms with Crippen molar-refractivity contribution in [3.63, 3.8) is 0 Å². The molecule has 0 aliphatic carbocycles. The van der Waals surface area contributed by atoms with Gasteiger partial charge in [-0.3, -0.25) is 0 Å². The predicted octanol–water partition coefficient (Wildman–Crippen LogP) is 3.66. The highest BCUT2D eigenvalue weighted by Crippen LogP contribution is 2.18. The molecule has 26 heavy (non-hydrogen) atoms. The molecule has 0 amide bonds. The zero-order chi connectivity index (χ0) is 18.8. The zero-order valence-electron chi connectivity index (χ0n) is 15.7. The highest BCUT2D eigenvalue weighted by atomic mass is 16.5. The fourth-order valence-corrected chi connectivity index (χ4v) is 2.54. The van der Waals surface area contributed by atoms with Crippen molar-refractivity contribution in [3.8, 4) is 5.75 Å². The Morgan fingerprint density at radius 1 is 1.12 bits per heavy atom. The number of ether oxygens (including phenoxy) is 2. The molecule has 0 atom stereocenters. The van der Waals surface area contributed by atoms with E-state index in [2.05, 4.69) is 34.3 Å². The lowest BCUT2D eigenvalue weighted by Gasteiger charge is -2.13. The molecule has 6 nitrogen and oxygen atoms in total. The summed E-state index contributed by atoms with van der Waals surface area (Å²) in [6.07, 6.45) is 3.92. The lowest BCUT2D eigenvalue weighted by Crippen LogP contribution is -2.16. The number of nitrogens with zero attached hydrogens (tertiary/aromatic N) is 2. The van der Waals surface area contributed by atoms with Crippen molar-refractivity contribution in [3.05, 3.63) is 47.4 Å². The van der Waals surface area contributed by atoms with Crippen LogP contribution in [0.5, 0.6) is 5.75 Å². The van der Waals surface area contributed by atoms with E-state index in [0.29, 0.717) is 36.6 Å². The Morgan fingerprint density at radius 2 is 1.88 bits per heavy atom. The molecule has 0 saturated heterocycles. The molecule has 140 valence electrons. The number of hydrogen-bond acceptors (Lipinski definition) is 6. The van der Waals surface area contributed by atoms with E-state index < -0.39 is 0 Å². The number of aromatic nitrogens is 2. The molecule has 6 heteroatoms. The van der Waals surface area contributed by atoms with Gasteiger partial charge in [0.2, 0.25) is 0 Å². The van der Waals surface area contributed by atoms with Crippen LogP contribution < -0.4 is 10.1 Å². The van der Waals surface area contributed by atoms with Crippen molar-refractivity contribution in [2.24, 2.45) is 0 Å². The smallest absolute Gasteiger partial charge is 0.343 e. The molecule has 0 spiro atoms. The maximum Gasteiger partial charge on any atom is 0.343 e. The number of carbonyl (C=O) groups is 1. The van der Waals surface area contributed by atoms with Crippen LogP contribution in [0.2, 0.25) is 0 Å². The molecule has 0 aliphatic rings. The average Bonchev–Trinajstić information content (AvgIpc) is 2.67.